The van der Waals surface area contributed by atoms with Gasteiger partial charge >= 0.3 is 0 Å². The van der Waals surface area contributed by atoms with E-state index in [1.54, 1.807) is 13.3 Å². The number of ether oxygens (including phenoxy) is 1. The zero-order valence-corrected chi connectivity index (χ0v) is 12.2. The van der Waals surface area contributed by atoms with Crippen molar-refractivity contribution in [3.8, 4) is 5.75 Å². The van der Waals surface area contributed by atoms with Gasteiger partial charge in [-0.15, -0.1) is 0 Å². The Morgan fingerprint density at radius 3 is 2.61 bits per heavy atom. The highest BCUT2D eigenvalue weighted by Gasteiger charge is 2.23. The third-order valence-electron chi connectivity index (χ3n) is 3.22. The van der Waals surface area contributed by atoms with Gasteiger partial charge in [-0.1, -0.05) is 27.7 Å². The summed E-state index contributed by atoms with van der Waals surface area (Å²) in [6.07, 6.45) is 4.01. The number of aromatic nitrogens is 2. The molecule has 0 aliphatic carbocycles. The van der Waals surface area contributed by atoms with Crippen molar-refractivity contribution in [1.29, 1.82) is 0 Å². The average Bonchev–Trinajstić information content (AvgIpc) is 2.67. The number of aliphatic hydroxyl groups excluding tert-OH is 1. The fourth-order valence-electron chi connectivity index (χ4n) is 1.93. The Bertz CT molecular complexity index is 366. The fourth-order valence-corrected chi connectivity index (χ4v) is 1.93. The summed E-state index contributed by atoms with van der Waals surface area (Å²) in [7, 11) is 1.66. The maximum Gasteiger partial charge on any atom is 0.159 e. The quantitative estimate of drug-likeness (QED) is 0.849. The summed E-state index contributed by atoms with van der Waals surface area (Å²) >= 11 is 0. The molecule has 0 bridgehead atoms. The standard InChI is InChI=1S/C14H26N2O2/c1-6-9-16-11(12(18-5)10-15-16)7-8-13(17)14(2,3)4/h10,13,17H,6-9H2,1-5H3. The SMILES string of the molecule is CCCn1ncc(OC)c1CCC(O)C(C)(C)C. The second-order valence-corrected chi connectivity index (χ2v) is 5.80. The number of hydrogen-bond acceptors (Lipinski definition) is 3. The van der Waals surface area contributed by atoms with Crippen molar-refractivity contribution in [2.24, 2.45) is 5.41 Å². The molecule has 1 unspecified atom stereocenters. The number of hydrogen-bond donors (Lipinski definition) is 1. The van der Waals surface area contributed by atoms with Crippen LogP contribution in [0.2, 0.25) is 0 Å². The second kappa shape index (κ2) is 6.23. The molecule has 0 aromatic carbocycles. The van der Waals surface area contributed by atoms with E-state index < -0.39 is 0 Å². The Morgan fingerprint density at radius 2 is 2.11 bits per heavy atom. The minimum Gasteiger partial charge on any atom is -0.493 e. The molecule has 1 aromatic heterocycles. The molecule has 18 heavy (non-hydrogen) atoms. The third-order valence-corrected chi connectivity index (χ3v) is 3.22. The van der Waals surface area contributed by atoms with E-state index in [9.17, 15) is 5.11 Å². The van der Waals surface area contributed by atoms with Crippen LogP contribution in [-0.2, 0) is 13.0 Å². The Morgan fingerprint density at radius 1 is 1.44 bits per heavy atom. The molecule has 0 aliphatic heterocycles. The Balaban J connectivity index is 2.73. The predicted octanol–water partition coefficient (Wildman–Crippen LogP) is 2.64. The van der Waals surface area contributed by atoms with Crippen LogP contribution in [-0.4, -0.2) is 28.1 Å². The topological polar surface area (TPSA) is 47.3 Å². The summed E-state index contributed by atoms with van der Waals surface area (Å²) < 4.78 is 7.31. The van der Waals surface area contributed by atoms with Crippen LogP contribution in [0.4, 0.5) is 0 Å². The largest absolute Gasteiger partial charge is 0.493 e. The molecule has 0 fully saturated rings. The first-order chi connectivity index (χ1) is 8.40. The molecule has 1 rings (SSSR count). The van der Waals surface area contributed by atoms with Gasteiger partial charge in [0.2, 0.25) is 0 Å². The lowest BCUT2D eigenvalue weighted by atomic mass is 9.86. The Hall–Kier alpha value is -1.03. The fraction of sp³-hybridized carbons (Fsp3) is 0.786. The van der Waals surface area contributed by atoms with Gasteiger partial charge in [0.1, 0.15) is 0 Å². The normalized spacial score (nSPS) is 13.7. The molecule has 0 saturated carbocycles. The van der Waals surface area contributed by atoms with Crippen molar-refractivity contribution in [3.05, 3.63) is 11.9 Å². The molecule has 0 radical (unpaired) electrons. The van der Waals surface area contributed by atoms with Crippen molar-refractivity contribution in [1.82, 2.24) is 9.78 Å². The Kier molecular flexibility index (Phi) is 5.20. The molecule has 1 aromatic rings. The molecular formula is C14H26N2O2. The van der Waals surface area contributed by atoms with E-state index in [0.29, 0.717) is 0 Å². The van der Waals surface area contributed by atoms with Gasteiger partial charge < -0.3 is 9.84 Å². The molecule has 0 amide bonds. The van der Waals surface area contributed by atoms with E-state index in [-0.39, 0.29) is 11.5 Å². The zero-order valence-electron chi connectivity index (χ0n) is 12.2. The minimum atomic E-state index is -0.313. The molecule has 1 atom stereocenters. The van der Waals surface area contributed by atoms with E-state index in [1.807, 2.05) is 4.68 Å². The second-order valence-electron chi connectivity index (χ2n) is 5.80. The van der Waals surface area contributed by atoms with Crippen molar-refractivity contribution in [2.45, 2.75) is 59.6 Å². The van der Waals surface area contributed by atoms with E-state index in [2.05, 4.69) is 32.8 Å². The van der Waals surface area contributed by atoms with Crippen LogP contribution in [0.15, 0.2) is 6.20 Å². The molecule has 4 nitrogen and oxygen atoms in total. The summed E-state index contributed by atoms with van der Waals surface area (Å²) in [5.41, 5.74) is 1.01. The first kappa shape index (κ1) is 15.0. The first-order valence-electron chi connectivity index (χ1n) is 6.66. The van der Waals surface area contributed by atoms with Gasteiger partial charge in [0.05, 0.1) is 25.1 Å². The van der Waals surface area contributed by atoms with Gasteiger partial charge in [0.25, 0.3) is 0 Å². The number of methoxy groups -OCH3 is 1. The van der Waals surface area contributed by atoms with Crippen molar-refractivity contribution in [2.75, 3.05) is 7.11 Å². The monoisotopic (exact) mass is 254 g/mol. The van der Waals surface area contributed by atoms with Gasteiger partial charge in [0, 0.05) is 6.54 Å². The number of aryl methyl sites for hydroxylation is 1. The molecule has 0 aliphatic rings. The summed E-state index contributed by atoms with van der Waals surface area (Å²) in [5, 5.41) is 14.4. The smallest absolute Gasteiger partial charge is 0.159 e. The zero-order chi connectivity index (χ0) is 13.8. The van der Waals surface area contributed by atoms with Gasteiger partial charge in [-0.25, -0.2) is 0 Å². The highest BCUT2D eigenvalue weighted by Crippen LogP contribution is 2.25. The van der Waals surface area contributed by atoms with E-state index >= 15 is 0 Å². The van der Waals surface area contributed by atoms with Gasteiger partial charge in [0.15, 0.2) is 5.75 Å². The number of rotatable bonds is 6. The lowest BCUT2D eigenvalue weighted by molar-refractivity contribution is 0.0554. The van der Waals surface area contributed by atoms with Crippen molar-refractivity contribution in [3.63, 3.8) is 0 Å². The van der Waals surface area contributed by atoms with Crippen LogP contribution in [0.3, 0.4) is 0 Å². The summed E-state index contributed by atoms with van der Waals surface area (Å²) in [4.78, 5) is 0. The van der Waals surface area contributed by atoms with Crippen LogP contribution < -0.4 is 4.74 Å². The molecule has 1 heterocycles. The molecule has 0 saturated heterocycles. The molecule has 4 heteroatoms. The van der Waals surface area contributed by atoms with Crippen LogP contribution >= 0.6 is 0 Å². The average molecular weight is 254 g/mol. The van der Waals surface area contributed by atoms with Gasteiger partial charge in [-0.05, 0) is 24.7 Å². The Labute approximate surface area is 110 Å². The highest BCUT2D eigenvalue weighted by atomic mass is 16.5. The van der Waals surface area contributed by atoms with Crippen molar-refractivity contribution < 1.29 is 9.84 Å². The van der Waals surface area contributed by atoms with E-state index in [0.717, 1.165) is 37.3 Å². The highest BCUT2D eigenvalue weighted by molar-refractivity contribution is 5.25. The summed E-state index contributed by atoms with van der Waals surface area (Å²) in [6, 6.07) is 0. The van der Waals surface area contributed by atoms with Gasteiger partial charge in [-0.2, -0.15) is 5.10 Å². The lowest BCUT2D eigenvalue weighted by Crippen LogP contribution is -2.26. The van der Waals surface area contributed by atoms with E-state index in [1.165, 1.54) is 0 Å². The first-order valence-corrected chi connectivity index (χ1v) is 6.66. The molecule has 1 N–H and O–H groups in total. The van der Waals surface area contributed by atoms with Crippen LogP contribution in [0, 0.1) is 5.41 Å². The molecule has 0 spiro atoms. The summed E-state index contributed by atoms with van der Waals surface area (Å²) in [6.45, 7) is 9.18. The van der Waals surface area contributed by atoms with Crippen LogP contribution in [0.5, 0.6) is 5.75 Å². The maximum atomic E-state index is 10.1. The third kappa shape index (κ3) is 3.73. The lowest BCUT2D eigenvalue weighted by Gasteiger charge is -2.25. The number of nitrogens with zero attached hydrogens (tertiary/aromatic N) is 2. The predicted molar refractivity (Wildman–Crippen MR) is 72.9 cm³/mol. The van der Waals surface area contributed by atoms with Crippen LogP contribution in [0.25, 0.3) is 0 Å². The number of aliphatic hydroxyl groups is 1. The summed E-state index contributed by atoms with van der Waals surface area (Å²) in [5.74, 6) is 0.824. The minimum absolute atomic E-state index is 0.0805. The molecule has 104 valence electrons. The maximum absolute atomic E-state index is 10.1. The van der Waals surface area contributed by atoms with Crippen LogP contribution in [0.1, 0.15) is 46.2 Å². The van der Waals surface area contributed by atoms with E-state index in [4.69, 9.17) is 4.74 Å². The molecular weight excluding hydrogens is 228 g/mol. The van der Waals surface area contributed by atoms with Crippen molar-refractivity contribution >= 4 is 0 Å². The van der Waals surface area contributed by atoms with Gasteiger partial charge in [-0.3, -0.25) is 4.68 Å².